The Hall–Kier alpha value is -1.28. The van der Waals surface area contributed by atoms with Crippen LogP contribution in [-0.4, -0.2) is 55.1 Å². The summed E-state index contributed by atoms with van der Waals surface area (Å²) in [7, 11) is 0. The summed E-state index contributed by atoms with van der Waals surface area (Å²) < 4.78 is 0. The van der Waals surface area contributed by atoms with Crippen molar-refractivity contribution in [3.63, 3.8) is 0 Å². The summed E-state index contributed by atoms with van der Waals surface area (Å²) in [6, 6.07) is 6.60. The van der Waals surface area contributed by atoms with E-state index >= 15 is 0 Å². The number of nitrogens with zero attached hydrogens (tertiary/aromatic N) is 2. The van der Waals surface area contributed by atoms with E-state index in [2.05, 4.69) is 58.8 Å². The first-order chi connectivity index (χ1) is 12.8. The van der Waals surface area contributed by atoms with E-state index in [-0.39, 0.29) is 24.0 Å². The van der Waals surface area contributed by atoms with Crippen LogP contribution < -0.4 is 10.6 Å². The van der Waals surface area contributed by atoms with Crippen LogP contribution in [0.2, 0.25) is 0 Å². The Balaban J connectivity index is 0.00000261. The third-order valence-corrected chi connectivity index (χ3v) is 5.05. The summed E-state index contributed by atoms with van der Waals surface area (Å²) in [6.45, 7) is 10.6. The van der Waals surface area contributed by atoms with E-state index in [9.17, 15) is 0 Å². The highest BCUT2D eigenvalue weighted by atomic mass is 127. The molecule has 2 heterocycles. The number of hydrogen-bond acceptors (Lipinski definition) is 2. The van der Waals surface area contributed by atoms with Crippen molar-refractivity contribution >= 4 is 40.8 Å². The molecular formula is C21H34IN5. The van der Waals surface area contributed by atoms with Crippen LogP contribution in [0.25, 0.3) is 10.9 Å². The molecule has 0 radical (unpaired) electrons. The minimum Gasteiger partial charge on any atom is -0.361 e. The number of halogens is 1. The third-order valence-electron chi connectivity index (χ3n) is 5.05. The SMILES string of the molecule is CCNC(=NCCCN1CCCC1)NCCc1c[nH]c2cc(C)ccc12.I. The van der Waals surface area contributed by atoms with Crippen LogP contribution in [0.4, 0.5) is 0 Å². The summed E-state index contributed by atoms with van der Waals surface area (Å²) in [5, 5.41) is 8.15. The molecule has 2 aromatic rings. The second-order valence-corrected chi connectivity index (χ2v) is 7.20. The number of fused-ring (bicyclic) bond motifs is 1. The molecule has 1 saturated heterocycles. The number of aliphatic imine (C=N–C) groups is 1. The van der Waals surface area contributed by atoms with Crippen molar-refractivity contribution in [1.29, 1.82) is 0 Å². The molecular weight excluding hydrogens is 449 g/mol. The first-order valence-corrected chi connectivity index (χ1v) is 10.1. The van der Waals surface area contributed by atoms with Crippen LogP contribution >= 0.6 is 24.0 Å². The Morgan fingerprint density at radius 2 is 2.04 bits per heavy atom. The normalized spacial score (nSPS) is 15.1. The van der Waals surface area contributed by atoms with Gasteiger partial charge in [0.05, 0.1) is 0 Å². The topological polar surface area (TPSA) is 55.5 Å². The molecule has 0 atom stereocenters. The molecule has 1 aliphatic heterocycles. The van der Waals surface area contributed by atoms with Gasteiger partial charge in [0, 0.05) is 36.7 Å². The lowest BCUT2D eigenvalue weighted by atomic mass is 10.1. The fourth-order valence-corrected chi connectivity index (χ4v) is 3.66. The highest BCUT2D eigenvalue weighted by Gasteiger charge is 2.10. The summed E-state index contributed by atoms with van der Waals surface area (Å²) in [5.41, 5.74) is 3.87. The van der Waals surface area contributed by atoms with Crippen LogP contribution in [0.1, 0.15) is 37.3 Å². The Labute approximate surface area is 180 Å². The van der Waals surface area contributed by atoms with Gasteiger partial charge in [0.1, 0.15) is 0 Å². The average Bonchev–Trinajstić information content (AvgIpc) is 3.28. The summed E-state index contributed by atoms with van der Waals surface area (Å²) >= 11 is 0. The van der Waals surface area contributed by atoms with E-state index < -0.39 is 0 Å². The Bertz CT molecular complexity index is 718. The molecule has 150 valence electrons. The zero-order valence-electron chi connectivity index (χ0n) is 16.7. The molecule has 0 amide bonds. The van der Waals surface area contributed by atoms with Gasteiger partial charge in [-0.15, -0.1) is 24.0 Å². The van der Waals surface area contributed by atoms with Crippen LogP contribution in [0.15, 0.2) is 29.4 Å². The standard InChI is InChI=1S/C21H33N5.HI/c1-3-22-21(23-10-6-14-26-12-4-5-13-26)24-11-9-18-16-25-20-15-17(2)7-8-19(18)20;/h7-8,15-16,25H,3-6,9-14H2,1-2H3,(H2,22,23,24);1H. The largest absolute Gasteiger partial charge is 0.361 e. The maximum Gasteiger partial charge on any atom is 0.191 e. The van der Waals surface area contributed by atoms with Crippen molar-refractivity contribution in [2.24, 2.45) is 4.99 Å². The van der Waals surface area contributed by atoms with E-state index in [4.69, 9.17) is 4.99 Å². The molecule has 5 nitrogen and oxygen atoms in total. The van der Waals surface area contributed by atoms with Gasteiger partial charge in [0.2, 0.25) is 0 Å². The van der Waals surface area contributed by atoms with Crippen molar-refractivity contribution < 1.29 is 0 Å². The van der Waals surface area contributed by atoms with E-state index in [1.165, 1.54) is 54.5 Å². The predicted octanol–water partition coefficient (Wildman–Crippen LogP) is 3.68. The molecule has 1 aliphatic rings. The molecule has 3 N–H and O–H groups in total. The maximum absolute atomic E-state index is 4.73. The van der Waals surface area contributed by atoms with E-state index in [1.807, 2.05) is 0 Å². The number of benzene rings is 1. The second-order valence-electron chi connectivity index (χ2n) is 7.20. The molecule has 1 aromatic heterocycles. The van der Waals surface area contributed by atoms with Crippen LogP contribution in [0.3, 0.4) is 0 Å². The quantitative estimate of drug-likeness (QED) is 0.233. The molecule has 0 aliphatic carbocycles. The molecule has 0 saturated carbocycles. The second kappa shape index (κ2) is 11.5. The van der Waals surface area contributed by atoms with E-state index in [0.29, 0.717) is 0 Å². The van der Waals surface area contributed by atoms with Gasteiger partial charge in [-0.3, -0.25) is 4.99 Å². The molecule has 0 spiro atoms. The van der Waals surface area contributed by atoms with Crippen LogP contribution in [0.5, 0.6) is 0 Å². The number of aromatic nitrogens is 1. The lowest BCUT2D eigenvalue weighted by Gasteiger charge is -2.14. The van der Waals surface area contributed by atoms with Crippen LogP contribution in [0, 0.1) is 6.92 Å². The van der Waals surface area contributed by atoms with Crippen LogP contribution in [-0.2, 0) is 6.42 Å². The Kier molecular flexibility index (Phi) is 9.41. The van der Waals surface area contributed by atoms with Gasteiger partial charge in [0.15, 0.2) is 5.96 Å². The first kappa shape index (κ1) is 22.0. The van der Waals surface area contributed by atoms with Crippen molar-refractivity contribution in [2.45, 2.75) is 39.5 Å². The zero-order valence-corrected chi connectivity index (χ0v) is 19.0. The van der Waals surface area contributed by atoms with Crippen molar-refractivity contribution in [3.05, 3.63) is 35.5 Å². The number of H-pyrrole nitrogens is 1. The van der Waals surface area contributed by atoms with E-state index in [1.54, 1.807) is 0 Å². The number of hydrogen-bond donors (Lipinski definition) is 3. The van der Waals surface area contributed by atoms with Crippen molar-refractivity contribution in [1.82, 2.24) is 20.5 Å². The number of nitrogens with one attached hydrogen (secondary N) is 3. The molecule has 1 fully saturated rings. The lowest BCUT2D eigenvalue weighted by molar-refractivity contribution is 0.336. The number of aromatic amines is 1. The minimum absolute atomic E-state index is 0. The monoisotopic (exact) mass is 483 g/mol. The van der Waals surface area contributed by atoms with Gasteiger partial charge in [0.25, 0.3) is 0 Å². The fourth-order valence-electron chi connectivity index (χ4n) is 3.66. The number of rotatable bonds is 8. The summed E-state index contributed by atoms with van der Waals surface area (Å²) in [5.74, 6) is 0.935. The zero-order chi connectivity index (χ0) is 18.2. The molecule has 3 rings (SSSR count). The molecule has 0 unspecified atom stereocenters. The number of aryl methyl sites for hydroxylation is 1. The van der Waals surface area contributed by atoms with Crippen molar-refractivity contribution in [3.8, 4) is 0 Å². The number of guanidine groups is 1. The van der Waals surface area contributed by atoms with E-state index in [0.717, 1.165) is 38.4 Å². The molecule has 0 bridgehead atoms. The summed E-state index contributed by atoms with van der Waals surface area (Å²) in [4.78, 5) is 10.7. The molecule has 1 aromatic carbocycles. The van der Waals surface area contributed by atoms with Crippen molar-refractivity contribution in [2.75, 3.05) is 39.3 Å². The highest BCUT2D eigenvalue weighted by Crippen LogP contribution is 2.19. The van der Waals surface area contributed by atoms with Gasteiger partial charge in [-0.1, -0.05) is 12.1 Å². The van der Waals surface area contributed by atoms with Gasteiger partial charge in [-0.25, -0.2) is 0 Å². The first-order valence-electron chi connectivity index (χ1n) is 10.1. The van der Waals surface area contributed by atoms with Gasteiger partial charge < -0.3 is 20.5 Å². The fraction of sp³-hybridized carbons (Fsp3) is 0.571. The highest BCUT2D eigenvalue weighted by molar-refractivity contribution is 14.0. The minimum atomic E-state index is 0. The Morgan fingerprint density at radius 1 is 1.22 bits per heavy atom. The third kappa shape index (κ3) is 6.68. The van der Waals surface area contributed by atoms with Gasteiger partial charge in [-0.05, 0) is 76.4 Å². The average molecular weight is 483 g/mol. The van der Waals surface area contributed by atoms with Gasteiger partial charge in [-0.2, -0.15) is 0 Å². The van der Waals surface area contributed by atoms with Gasteiger partial charge >= 0.3 is 0 Å². The number of likely N-dealkylation sites (tertiary alicyclic amines) is 1. The molecule has 6 heteroatoms. The summed E-state index contributed by atoms with van der Waals surface area (Å²) in [6.07, 6.45) is 6.98. The smallest absolute Gasteiger partial charge is 0.191 e. The Morgan fingerprint density at radius 3 is 2.81 bits per heavy atom. The molecule has 27 heavy (non-hydrogen) atoms. The predicted molar refractivity (Wildman–Crippen MR) is 126 cm³/mol. The maximum atomic E-state index is 4.73. The lowest BCUT2D eigenvalue weighted by Crippen LogP contribution is -2.38.